The van der Waals surface area contributed by atoms with E-state index in [0.717, 1.165) is 28.3 Å². The molecule has 0 aliphatic heterocycles. The SMILES string of the molecule is Cc1cnc(C(=O)N(C)Cc2c(C)nn(-c3ccccc3)c2C)cn1. The third-order valence-corrected chi connectivity index (χ3v) is 4.18. The smallest absolute Gasteiger partial charge is 0.274 e. The predicted octanol–water partition coefficient (Wildman–Crippen LogP) is 2.86. The fourth-order valence-electron chi connectivity index (χ4n) is 2.73. The van der Waals surface area contributed by atoms with E-state index >= 15 is 0 Å². The highest BCUT2D eigenvalue weighted by Crippen LogP contribution is 2.19. The van der Waals surface area contributed by atoms with Gasteiger partial charge in [-0.2, -0.15) is 5.10 Å². The van der Waals surface area contributed by atoms with Crippen LogP contribution < -0.4 is 0 Å². The molecule has 0 aliphatic carbocycles. The largest absolute Gasteiger partial charge is 0.336 e. The van der Waals surface area contributed by atoms with Crippen molar-refractivity contribution in [2.45, 2.75) is 27.3 Å². The first-order chi connectivity index (χ1) is 12.0. The van der Waals surface area contributed by atoms with Crippen LogP contribution in [-0.4, -0.2) is 37.6 Å². The Bertz CT molecular complexity index is 884. The van der Waals surface area contributed by atoms with Crippen molar-refractivity contribution in [3.63, 3.8) is 0 Å². The maximum absolute atomic E-state index is 12.6. The number of rotatable bonds is 4. The Labute approximate surface area is 147 Å². The minimum atomic E-state index is -0.154. The van der Waals surface area contributed by atoms with Crippen molar-refractivity contribution in [2.24, 2.45) is 0 Å². The quantitative estimate of drug-likeness (QED) is 0.735. The minimum absolute atomic E-state index is 0.154. The molecule has 128 valence electrons. The predicted molar refractivity (Wildman–Crippen MR) is 95.6 cm³/mol. The van der Waals surface area contributed by atoms with Crippen LogP contribution >= 0.6 is 0 Å². The molecule has 0 unspecified atom stereocenters. The summed E-state index contributed by atoms with van der Waals surface area (Å²) >= 11 is 0. The van der Waals surface area contributed by atoms with Crippen LogP contribution in [-0.2, 0) is 6.54 Å². The van der Waals surface area contributed by atoms with E-state index in [1.54, 1.807) is 18.1 Å². The molecule has 6 nitrogen and oxygen atoms in total. The zero-order valence-electron chi connectivity index (χ0n) is 14.9. The molecule has 2 heterocycles. The molecule has 0 saturated heterocycles. The Morgan fingerprint density at radius 2 is 1.80 bits per heavy atom. The molecule has 3 rings (SSSR count). The number of nitrogens with zero attached hydrogens (tertiary/aromatic N) is 5. The van der Waals surface area contributed by atoms with Crippen molar-refractivity contribution in [2.75, 3.05) is 7.05 Å². The first kappa shape index (κ1) is 16.8. The van der Waals surface area contributed by atoms with Gasteiger partial charge in [0.05, 0.1) is 23.3 Å². The van der Waals surface area contributed by atoms with E-state index in [-0.39, 0.29) is 5.91 Å². The lowest BCUT2D eigenvalue weighted by Crippen LogP contribution is -2.27. The second-order valence-corrected chi connectivity index (χ2v) is 6.10. The number of carbonyl (C=O) groups is 1. The number of para-hydroxylation sites is 1. The Hall–Kier alpha value is -3.02. The molecule has 0 saturated carbocycles. The third kappa shape index (κ3) is 3.42. The van der Waals surface area contributed by atoms with Gasteiger partial charge in [-0.25, -0.2) is 9.67 Å². The number of aryl methyl sites for hydroxylation is 2. The van der Waals surface area contributed by atoms with Crippen molar-refractivity contribution >= 4 is 5.91 Å². The van der Waals surface area contributed by atoms with E-state index in [4.69, 9.17) is 0 Å². The lowest BCUT2D eigenvalue weighted by Gasteiger charge is -2.17. The van der Waals surface area contributed by atoms with Crippen molar-refractivity contribution < 1.29 is 4.79 Å². The number of amides is 1. The average molecular weight is 335 g/mol. The summed E-state index contributed by atoms with van der Waals surface area (Å²) in [5.74, 6) is -0.154. The highest BCUT2D eigenvalue weighted by atomic mass is 16.2. The topological polar surface area (TPSA) is 63.9 Å². The van der Waals surface area contributed by atoms with E-state index < -0.39 is 0 Å². The van der Waals surface area contributed by atoms with Gasteiger partial charge in [0, 0.05) is 31.0 Å². The number of hydrogen-bond donors (Lipinski definition) is 0. The highest BCUT2D eigenvalue weighted by molar-refractivity contribution is 5.91. The minimum Gasteiger partial charge on any atom is -0.336 e. The molecule has 1 aromatic carbocycles. The summed E-state index contributed by atoms with van der Waals surface area (Å²) in [6, 6.07) is 9.97. The summed E-state index contributed by atoms with van der Waals surface area (Å²) in [5, 5.41) is 4.63. The molecule has 0 radical (unpaired) electrons. The Morgan fingerprint density at radius 1 is 1.08 bits per heavy atom. The van der Waals surface area contributed by atoms with Crippen molar-refractivity contribution in [3.8, 4) is 5.69 Å². The Morgan fingerprint density at radius 3 is 2.44 bits per heavy atom. The molecule has 0 spiro atoms. The van der Waals surface area contributed by atoms with Gasteiger partial charge in [0.25, 0.3) is 5.91 Å². The lowest BCUT2D eigenvalue weighted by molar-refractivity contribution is 0.0778. The molecule has 0 fully saturated rings. The summed E-state index contributed by atoms with van der Waals surface area (Å²) < 4.78 is 1.91. The third-order valence-electron chi connectivity index (χ3n) is 4.18. The van der Waals surface area contributed by atoms with Crippen LogP contribution in [0.3, 0.4) is 0 Å². The summed E-state index contributed by atoms with van der Waals surface area (Å²) in [6.07, 6.45) is 3.12. The molecule has 0 N–H and O–H groups in total. The van der Waals surface area contributed by atoms with Gasteiger partial charge in [-0.15, -0.1) is 0 Å². The number of carbonyl (C=O) groups excluding carboxylic acids is 1. The second-order valence-electron chi connectivity index (χ2n) is 6.10. The van der Waals surface area contributed by atoms with Crippen LogP contribution in [0.15, 0.2) is 42.7 Å². The number of hydrogen-bond acceptors (Lipinski definition) is 4. The van der Waals surface area contributed by atoms with Gasteiger partial charge in [-0.05, 0) is 32.9 Å². The van der Waals surface area contributed by atoms with Gasteiger partial charge < -0.3 is 4.90 Å². The van der Waals surface area contributed by atoms with Crippen LogP contribution in [0, 0.1) is 20.8 Å². The van der Waals surface area contributed by atoms with Crippen LogP contribution in [0.5, 0.6) is 0 Å². The van der Waals surface area contributed by atoms with Crippen molar-refractivity contribution in [1.82, 2.24) is 24.6 Å². The van der Waals surface area contributed by atoms with Gasteiger partial charge in [0.2, 0.25) is 0 Å². The van der Waals surface area contributed by atoms with Gasteiger partial charge in [0.1, 0.15) is 5.69 Å². The maximum atomic E-state index is 12.6. The fraction of sp³-hybridized carbons (Fsp3) is 0.263. The van der Waals surface area contributed by atoms with Crippen LogP contribution in [0.4, 0.5) is 0 Å². The average Bonchev–Trinajstić information content (AvgIpc) is 2.90. The van der Waals surface area contributed by atoms with Crippen LogP contribution in [0.25, 0.3) is 5.69 Å². The molecular formula is C19H21N5O. The summed E-state index contributed by atoms with van der Waals surface area (Å²) in [6.45, 7) is 6.30. The number of benzene rings is 1. The second kappa shape index (κ2) is 6.84. The van der Waals surface area contributed by atoms with Gasteiger partial charge in [0.15, 0.2) is 0 Å². The first-order valence-corrected chi connectivity index (χ1v) is 8.12. The van der Waals surface area contributed by atoms with Crippen LogP contribution in [0.1, 0.15) is 33.1 Å². The molecule has 3 aromatic rings. The van der Waals surface area contributed by atoms with E-state index in [1.807, 2.05) is 55.8 Å². The molecular weight excluding hydrogens is 314 g/mol. The molecule has 25 heavy (non-hydrogen) atoms. The van der Waals surface area contributed by atoms with Crippen LogP contribution in [0.2, 0.25) is 0 Å². The number of aromatic nitrogens is 4. The monoisotopic (exact) mass is 335 g/mol. The van der Waals surface area contributed by atoms with Gasteiger partial charge in [-0.3, -0.25) is 9.78 Å². The van der Waals surface area contributed by atoms with E-state index in [9.17, 15) is 4.79 Å². The molecule has 6 heteroatoms. The van der Waals surface area contributed by atoms with Crippen molar-refractivity contribution in [3.05, 3.63) is 71.1 Å². The van der Waals surface area contributed by atoms with Crippen molar-refractivity contribution in [1.29, 1.82) is 0 Å². The zero-order chi connectivity index (χ0) is 18.0. The van der Waals surface area contributed by atoms with Gasteiger partial charge >= 0.3 is 0 Å². The maximum Gasteiger partial charge on any atom is 0.274 e. The van der Waals surface area contributed by atoms with E-state index in [1.165, 1.54) is 6.20 Å². The molecule has 0 aliphatic rings. The molecule has 0 atom stereocenters. The first-order valence-electron chi connectivity index (χ1n) is 8.12. The summed E-state index contributed by atoms with van der Waals surface area (Å²) in [7, 11) is 1.77. The molecule has 0 bridgehead atoms. The molecule has 2 aromatic heterocycles. The molecule has 1 amide bonds. The van der Waals surface area contributed by atoms with E-state index in [2.05, 4.69) is 15.1 Å². The zero-order valence-corrected chi connectivity index (χ0v) is 14.9. The Kier molecular flexibility index (Phi) is 4.61. The highest BCUT2D eigenvalue weighted by Gasteiger charge is 2.19. The fourth-order valence-corrected chi connectivity index (χ4v) is 2.73. The summed E-state index contributed by atoms with van der Waals surface area (Å²) in [4.78, 5) is 22.5. The van der Waals surface area contributed by atoms with E-state index in [0.29, 0.717) is 12.2 Å². The standard InChI is InChI=1S/C19H21N5O/c1-13-10-21-18(11-20-13)19(25)23(4)12-17-14(2)22-24(15(17)3)16-8-6-5-7-9-16/h5-11H,12H2,1-4H3. The summed E-state index contributed by atoms with van der Waals surface area (Å²) in [5.41, 5.74) is 5.12. The lowest BCUT2D eigenvalue weighted by atomic mass is 10.2. The Balaban J connectivity index is 1.84. The van der Waals surface area contributed by atoms with Gasteiger partial charge in [-0.1, -0.05) is 18.2 Å². The normalized spacial score (nSPS) is 10.7.